The Labute approximate surface area is 135 Å². The molecular weight excluding hydrogens is 282 g/mol. The van der Waals surface area contributed by atoms with Crippen molar-refractivity contribution < 1.29 is 0 Å². The SMILES string of the molecule is CC(C)Cc1cc(-c2nc3ccccc3[nH]2)c2ccccc2n1. The van der Waals surface area contributed by atoms with E-state index in [1.807, 2.05) is 24.3 Å². The van der Waals surface area contributed by atoms with Gasteiger partial charge < -0.3 is 4.98 Å². The molecule has 0 saturated carbocycles. The van der Waals surface area contributed by atoms with Crippen molar-refractivity contribution in [2.24, 2.45) is 5.92 Å². The van der Waals surface area contributed by atoms with Crippen LogP contribution in [0.4, 0.5) is 0 Å². The van der Waals surface area contributed by atoms with Crippen LogP contribution in [-0.4, -0.2) is 15.0 Å². The molecule has 0 atom stereocenters. The number of pyridine rings is 1. The molecule has 114 valence electrons. The molecule has 0 aliphatic rings. The summed E-state index contributed by atoms with van der Waals surface area (Å²) < 4.78 is 0. The average Bonchev–Trinajstić information content (AvgIpc) is 2.97. The zero-order valence-electron chi connectivity index (χ0n) is 13.4. The second-order valence-electron chi connectivity index (χ2n) is 6.38. The highest BCUT2D eigenvalue weighted by Crippen LogP contribution is 2.29. The van der Waals surface area contributed by atoms with Crippen LogP contribution in [-0.2, 0) is 6.42 Å². The van der Waals surface area contributed by atoms with Crippen LogP contribution in [0.15, 0.2) is 54.6 Å². The third-order valence-corrected chi connectivity index (χ3v) is 4.03. The van der Waals surface area contributed by atoms with Crippen molar-refractivity contribution in [3.8, 4) is 11.4 Å². The third-order valence-electron chi connectivity index (χ3n) is 4.03. The van der Waals surface area contributed by atoms with Crippen molar-refractivity contribution in [1.29, 1.82) is 0 Å². The van der Waals surface area contributed by atoms with E-state index < -0.39 is 0 Å². The topological polar surface area (TPSA) is 41.6 Å². The van der Waals surface area contributed by atoms with Gasteiger partial charge in [-0.05, 0) is 36.6 Å². The van der Waals surface area contributed by atoms with E-state index in [0.717, 1.165) is 45.4 Å². The van der Waals surface area contributed by atoms with E-state index >= 15 is 0 Å². The number of hydrogen-bond donors (Lipinski definition) is 1. The summed E-state index contributed by atoms with van der Waals surface area (Å²) in [6, 6.07) is 18.6. The summed E-state index contributed by atoms with van der Waals surface area (Å²) in [5, 5.41) is 1.14. The van der Waals surface area contributed by atoms with Gasteiger partial charge >= 0.3 is 0 Å². The predicted octanol–water partition coefficient (Wildman–Crippen LogP) is 4.98. The van der Waals surface area contributed by atoms with Crippen molar-refractivity contribution in [1.82, 2.24) is 15.0 Å². The van der Waals surface area contributed by atoms with Gasteiger partial charge in [0.15, 0.2) is 0 Å². The number of fused-ring (bicyclic) bond motifs is 2. The molecule has 0 saturated heterocycles. The van der Waals surface area contributed by atoms with Gasteiger partial charge in [-0.25, -0.2) is 4.98 Å². The number of aromatic amines is 1. The van der Waals surface area contributed by atoms with Crippen LogP contribution in [0.1, 0.15) is 19.5 Å². The number of hydrogen-bond acceptors (Lipinski definition) is 2. The van der Waals surface area contributed by atoms with Crippen LogP contribution in [0.25, 0.3) is 33.3 Å². The van der Waals surface area contributed by atoms with Gasteiger partial charge in [0, 0.05) is 16.6 Å². The lowest BCUT2D eigenvalue weighted by atomic mass is 10.0. The Morgan fingerprint density at radius 2 is 1.65 bits per heavy atom. The Bertz CT molecular complexity index is 949. The number of benzene rings is 2. The van der Waals surface area contributed by atoms with Gasteiger partial charge in [0.1, 0.15) is 5.82 Å². The van der Waals surface area contributed by atoms with E-state index in [-0.39, 0.29) is 0 Å². The molecular formula is C20H19N3. The normalized spacial score (nSPS) is 11.6. The first-order chi connectivity index (χ1) is 11.2. The number of nitrogens with one attached hydrogen (secondary N) is 1. The molecule has 0 aliphatic carbocycles. The molecule has 0 unspecified atom stereocenters. The summed E-state index contributed by atoms with van der Waals surface area (Å²) >= 11 is 0. The second kappa shape index (κ2) is 5.51. The van der Waals surface area contributed by atoms with Crippen molar-refractivity contribution in [3.05, 3.63) is 60.3 Å². The Morgan fingerprint density at radius 1 is 0.913 bits per heavy atom. The molecule has 0 fully saturated rings. The molecule has 0 aliphatic heterocycles. The number of aromatic nitrogens is 3. The molecule has 4 aromatic rings. The fourth-order valence-electron chi connectivity index (χ4n) is 3.03. The third kappa shape index (κ3) is 2.59. The van der Waals surface area contributed by atoms with Gasteiger partial charge in [-0.3, -0.25) is 4.98 Å². The minimum Gasteiger partial charge on any atom is -0.338 e. The van der Waals surface area contributed by atoms with Crippen molar-refractivity contribution in [2.45, 2.75) is 20.3 Å². The standard InChI is InChI=1S/C20H19N3/c1-13(2)11-14-12-16(15-7-3-4-8-17(15)21-14)20-22-18-9-5-6-10-19(18)23-20/h3-10,12-13H,11H2,1-2H3,(H,22,23). The Morgan fingerprint density at radius 3 is 2.43 bits per heavy atom. The van der Waals surface area contributed by atoms with Gasteiger partial charge in [-0.2, -0.15) is 0 Å². The number of para-hydroxylation sites is 3. The zero-order chi connectivity index (χ0) is 15.8. The fraction of sp³-hybridized carbons (Fsp3) is 0.200. The molecule has 2 aromatic carbocycles. The Kier molecular flexibility index (Phi) is 3.34. The van der Waals surface area contributed by atoms with Crippen molar-refractivity contribution in [2.75, 3.05) is 0 Å². The van der Waals surface area contributed by atoms with Gasteiger partial charge in [-0.15, -0.1) is 0 Å². The quantitative estimate of drug-likeness (QED) is 0.580. The smallest absolute Gasteiger partial charge is 0.139 e. The van der Waals surface area contributed by atoms with Crippen LogP contribution in [0.5, 0.6) is 0 Å². The van der Waals surface area contributed by atoms with Crippen LogP contribution < -0.4 is 0 Å². The highest BCUT2D eigenvalue weighted by molar-refractivity contribution is 5.94. The Balaban J connectivity index is 1.96. The van der Waals surface area contributed by atoms with Crippen LogP contribution in [0.2, 0.25) is 0 Å². The summed E-state index contributed by atoms with van der Waals surface area (Å²) in [6.07, 6.45) is 0.970. The van der Waals surface area contributed by atoms with Gasteiger partial charge in [0.05, 0.1) is 16.6 Å². The molecule has 23 heavy (non-hydrogen) atoms. The molecule has 0 spiro atoms. The van der Waals surface area contributed by atoms with E-state index in [1.54, 1.807) is 0 Å². The summed E-state index contributed by atoms with van der Waals surface area (Å²) in [6.45, 7) is 4.44. The van der Waals surface area contributed by atoms with E-state index in [4.69, 9.17) is 9.97 Å². The maximum atomic E-state index is 4.81. The predicted molar refractivity (Wildman–Crippen MR) is 95.4 cm³/mol. The van der Waals surface area contributed by atoms with Crippen LogP contribution in [0, 0.1) is 5.92 Å². The van der Waals surface area contributed by atoms with Gasteiger partial charge in [-0.1, -0.05) is 44.2 Å². The molecule has 3 heteroatoms. The van der Waals surface area contributed by atoms with Gasteiger partial charge in [0.25, 0.3) is 0 Å². The van der Waals surface area contributed by atoms with Gasteiger partial charge in [0.2, 0.25) is 0 Å². The fourth-order valence-corrected chi connectivity index (χ4v) is 3.03. The van der Waals surface area contributed by atoms with E-state index in [2.05, 4.69) is 49.2 Å². The van der Waals surface area contributed by atoms with E-state index in [0.29, 0.717) is 5.92 Å². The molecule has 2 heterocycles. The molecule has 0 radical (unpaired) electrons. The first kappa shape index (κ1) is 13.9. The summed E-state index contributed by atoms with van der Waals surface area (Å²) in [5.74, 6) is 1.49. The minimum atomic E-state index is 0.576. The first-order valence-electron chi connectivity index (χ1n) is 8.04. The minimum absolute atomic E-state index is 0.576. The number of imidazole rings is 1. The van der Waals surface area contributed by atoms with E-state index in [9.17, 15) is 0 Å². The average molecular weight is 301 g/mol. The molecule has 1 N–H and O–H groups in total. The van der Waals surface area contributed by atoms with Crippen LogP contribution in [0.3, 0.4) is 0 Å². The summed E-state index contributed by atoms with van der Waals surface area (Å²) in [5.41, 5.74) is 5.33. The number of H-pyrrole nitrogens is 1. The number of nitrogens with zero attached hydrogens (tertiary/aromatic N) is 2. The maximum Gasteiger partial charge on any atom is 0.139 e. The number of rotatable bonds is 3. The highest BCUT2D eigenvalue weighted by Gasteiger charge is 2.12. The lowest BCUT2D eigenvalue weighted by molar-refractivity contribution is 0.637. The van der Waals surface area contributed by atoms with Crippen LogP contribution >= 0.6 is 0 Å². The molecule has 2 aromatic heterocycles. The lowest BCUT2D eigenvalue weighted by Crippen LogP contribution is -1.99. The maximum absolute atomic E-state index is 4.81. The summed E-state index contributed by atoms with van der Waals surface area (Å²) in [7, 11) is 0. The first-order valence-corrected chi connectivity index (χ1v) is 8.04. The Hall–Kier alpha value is -2.68. The molecule has 0 amide bonds. The molecule has 0 bridgehead atoms. The molecule has 3 nitrogen and oxygen atoms in total. The molecule has 4 rings (SSSR count). The van der Waals surface area contributed by atoms with Crippen molar-refractivity contribution in [3.63, 3.8) is 0 Å². The lowest BCUT2D eigenvalue weighted by Gasteiger charge is -2.09. The summed E-state index contributed by atoms with van der Waals surface area (Å²) in [4.78, 5) is 13.0. The second-order valence-corrected chi connectivity index (χ2v) is 6.38. The largest absolute Gasteiger partial charge is 0.338 e. The highest BCUT2D eigenvalue weighted by atomic mass is 14.9. The monoisotopic (exact) mass is 301 g/mol. The van der Waals surface area contributed by atoms with E-state index in [1.165, 1.54) is 0 Å². The van der Waals surface area contributed by atoms with Crippen molar-refractivity contribution >= 4 is 21.9 Å². The zero-order valence-corrected chi connectivity index (χ0v) is 13.4.